The summed E-state index contributed by atoms with van der Waals surface area (Å²) in [5, 5.41) is 0. The first kappa shape index (κ1) is 12.9. The maximum Gasteiger partial charge on any atom is 0.420 e. The lowest BCUT2D eigenvalue weighted by Crippen LogP contribution is -2.30. The van der Waals surface area contributed by atoms with Gasteiger partial charge in [-0.1, -0.05) is 0 Å². The van der Waals surface area contributed by atoms with E-state index in [-0.39, 0.29) is 9.37 Å². The van der Waals surface area contributed by atoms with Crippen molar-refractivity contribution in [2.75, 3.05) is 7.11 Å². The Morgan fingerprint density at radius 1 is 1.50 bits per heavy atom. The van der Waals surface area contributed by atoms with Gasteiger partial charge in [-0.15, -0.1) is 0 Å². The lowest BCUT2D eigenvalue weighted by molar-refractivity contribution is 0.177. The minimum Gasteiger partial charge on any atom is -0.452 e. The van der Waals surface area contributed by atoms with Crippen molar-refractivity contribution < 1.29 is 22.3 Å². The van der Waals surface area contributed by atoms with E-state index in [0.717, 1.165) is 25.3 Å². The van der Waals surface area contributed by atoms with Crippen molar-refractivity contribution in [2.45, 2.75) is 4.90 Å². The average Bonchev–Trinajstić information content (AvgIpc) is 2.16. The molecule has 0 aliphatic carbocycles. The number of nitrogens with one attached hydrogen (secondary N) is 1. The molecule has 1 rings (SSSR count). The highest BCUT2D eigenvalue weighted by Crippen LogP contribution is 2.22. The molecule has 0 aromatic heterocycles. The number of methoxy groups -OCH3 is 1. The average molecular weight is 312 g/mol. The largest absolute Gasteiger partial charge is 0.452 e. The molecule has 0 saturated carbocycles. The fourth-order valence-corrected chi connectivity index (χ4v) is 2.87. The Balaban J connectivity index is 3.13. The Kier molecular flexibility index (Phi) is 3.87. The smallest absolute Gasteiger partial charge is 0.420 e. The summed E-state index contributed by atoms with van der Waals surface area (Å²) in [6.45, 7) is 0. The van der Waals surface area contributed by atoms with E-state index >= 15 is 0 Å². The summed E-state index contributed by atoms with van der Waals surface area (Å²) in [4.78, 5) is 10.5. The number of amides is 1. The van der Waals surface area contributed by atoms with Gasteiger partial charge in [0.2, 0.25) is 0 Å². The van der Waals surface area contributed by atoms with Gasteiger partial charge in [0.25, 0.3) is 10.0 Å². The lowest BCUT2D eigenvalue weighted by Gasteiger charge is -2.07. The topological polar surface area (TPSA) is 72.5 Å². The van der Waals surface area contributed by atoms with E-state index in [0.29, 0.717) is 0 Å². The Morgan fingerprint density at radius 2 is 2.12 bits per heavy atom. The third-order valence-corrected chi connectivity index (χ3v) is 3.88. The molecule has 0 atom stereocenters. The molecule has 1 amide bonds. The zero-order chi connectivity index (χ0) is 12.3. The zero-order valence-electron chi connectivity index (χ0n) is 8.03. The second kappa shape index (κ2) is 4.79. The van der Waals surface area contributed by atoms with Crippen LogP contribution in [0.4, 0.5) is 9.18 Å². The summed E-state index contributed by atoms with van der Waals surface area (Å²) in [5.74, 6) is -0.594. The summed E-state index contributed by atoms with van der Waals surface area (Å²) < 4.78 is 41.7. The van der Waals surface area contributed by atoms with Gasteiger partial charge in [-0.05, 0) is 34.1 Å². The number of carbonyl (C=O) groups is 1. The fraction of sp³-hybridized carbons (Fsp3) is 0.125. The fourth-order valence-electron chi connectivity index (χ4n) is 0.899. The van der Waals surface area contributed by atoms with E-state index in [1.165, 1.54) is 0 Å². The zero-order valence-corrected chi connectivity index (χ0v) is 10.4. The van der Waals surface area contributed by atoms with Crippen LogP contribution in [-0.4, -0.2) is 21.6 Å². The highest BCUT2D eigenvalue weighted by Gasteiger charge is 2.20. The number of ether oxygens (including phenoxy) is 1. The standard InChI is InChI=1S/C8H7BrFNO4S/c1-15-8(12)11-16(13,14)7-3-2-5(10)4-6(7)9/h2-4H,1H3,(H,11,12). The van der Waals surface area contributed by atoms with Gasteiger partial charge in [0.15, 0.2) is 0 Å². The Morgan fingerprint density at radius 3 is 2.62 bits per heavy atom. The number of halogens is 2. The number of benzene rings is 1. The predicted octanol–water partition coefficient (Wildman–Crippen LogP) is 1.63. The first-order valence-corrected chi connectivity index (χ1v) is 6.20. The van der Waals surface area contributed by atoms with Gasteiger partial charge in [0, 0.05) is 4.47 Å². The second-order valence-electron chi connectivity index (χ2n) is 2.67. The predicted molar refractivity (Wildman–Crippen MR) is 56.8 cm³/mol. The van der Waals surface area contributed by atoms with Crippen molar-refractivity contribution in [3.05, 3.63) is 28.5 Å². The van der Waals surface area contributed by atoms with E-state index < -0.39 is 21.9 Å². The molecule has 0 radical (unpaired) electrons. The van der Waals surface area contributed by atoms with Gasteiger partial charge in [0.1, 0.15) is 10.7 Å². The van der Waals surface area contributed by atoms with E-state index in [2.05, 4.69) is 20.7 Å². The molecule has 0 heterocycles. The molecule has 0 unspecified atom stereocenters. The van der Waals surface area contributed by atoms with Crippen LogP contribution in [0.25, 0.3) is 0 Å². The highest BCUT2D eigenvalue weighted by molar-refractivity contribution is 9.10. The van der Waals surface area contributed by atoms with Crippen molar-refractivity contribution in [3.8, 4) is 0 Å². The molecule has 0 aliphatic heterocycles. The maximum atomic E-state index is 12.7. The van der Waals surface area contributed by atoms with Gasteiger partial charge in [-0.2, -0.15) is 0 Å². The Labute approximate surface area is 99.8 Å². The molecule has 1 N–H and O–H groups in total. The third kappa shape index (κ3) is 2.92. The number of rotatable bonds is 2. The molecule has 0 aliphatic rings. The molecular formula is C8H7BrFNO4S. The summed E-state index contributed by atoms with van der Waals surface area (Å²) in [6.07, 6.45) is -1.11. The molecule has 0 fully saturated rings. The van der Waals surface area contributed by atoms with Crippen LogP contribution in [0.5, 0.6) is 0 Å². The van der Waals surface area contributed by atoms with Crippen molar-refractivity contribution in [1.82, 2.24) is 4.72 Å². The minimum absolute atomic E-state index is 0.0175. The Bertz CT molecular complexity index is 517. The van der Waals surface area contributed by atoms with Crippen LogP contribution in [0.1, 0.15) is 0 Å². The van der Waals surface area contributed by atoms with E-state index in [1.807, 2.05) is 0 Å². The first-order valence-electron chi connectivity index (χ1n) is 3.92. The summed E-state index contributed by atoms with van der Waals surface area (Å²) in [7, 11) is -3.02. The van der Waals surface area contributed by atoms with Gasteiger partial charge in [-0.25, -0.2) is 22.3 Å². The minimum atomic E-state index is -4.06. The first-order chi connectivity index (χ1) is 7.36. The molecule has 5 nitrogen and oxygen atoms in total. The molecule has 1 aromatic rings. The van der Waals surface area contributed by atoms with Crippen molar-refractivity contribution in [2.24, 2.45) is 0 Å². The van der Waals surface area contributed by atoms with Gasteiger partial charge in [-0.3, -0.25) is 0 Å². The maximum absolute atomic E-state index is 12.7. The monoisotopic (exact) mass is 311 g/mol. The normalized spacial score (nSPS) is 10.9. The Hall–Kier alpha value is -1.15. The SMILES string of the molecule is COC(=O)NS(=O)(=O)c1ccc(F)cc1Br. The van der Waals surface area contributed by atoms with Crippen LogP contribution in [0.2, 0.25) is 0 Å². The van der Waals surface area contributed by atoms with Crippen LogP contribution < -0.4 is 4.72 Å². The van der Waals surface area contributed by atoms with Crippen LogP contribution in [0, 0.1) is 5.82 Å². The van der Waals surface area contributed by atoms with Gasteiger partial charge < -0.3 is 4.74 Å². The van der Waals surface area contributed by atoms with Crippen molar-refractivity contribution in [1.29, 1.82) is 0 Å². The molecule has 0 bridgehead atoms. The van der Waals surface area contributed by atoms with Crippen LogP contribution in [0.15, 0.2) is 27.6 Å². The summed E-state index contributed by atoms with van der Waals surface area (Å²) in [5.41, 5.74) is 0. The second-order valence-corrected chi connectivity index (χ2v) is 5.18. The van der Waals surface area contributed by atoms with Crippen LogP contribution in [0.3, 0.4) is 0 Å². The summed E-state index contributed by atoms with van der Waals surface area (Å²) >= 11 is 2.88. The lowest BCUT2D eigenvalue weighted by atomic mass is 10.3. The van der Waals surface area contributed by atoms with Crippen LogP contribution >= 0.6 is 15.9 Å². The van der Waals surface area contributed by atoms with E-state index in [4.69, 9.17) is 0 Å². The van der Waals surface area contributed by atoms with Gasteiger partial charge >= 0.3 is 6.09 Å². The molecule has 0 saturated heterocycles. The molecule has 16 heavy (non-hydrogen) atoms. The molecule has 0 spiro atoms. The van der Waals surface area contributed by atoms with Crippen LogP contribution in [-0.2, 0) is 14.8 Å². The molecule has 8 heteroatoms. The quantitative estimate of drug-likeness (QED) is 0.901. The van der Waals surface area contributed by atoms with Crippen molar-refractivity contribution in [3.63, 3.8) is 0 Å². The third-order valence-electron chi connectivity index (χ3n) is 1.59. The molecule has 88 valence electrons. The van der Waals surface area contributed by atoms with Gasteiger partial charge in [0.05, 0.1) is 7.11 Å². The van der Waals surface area contributed by atoms with Crippen molar-refractivity contribution >= 4 is 32.0 Å². The number of hydrogen-bond donors (Lipinski definition) is 1. The van der Waals surface area contributed by atoms with E-state index in [9.17, 15) is 17.6 Å². The number of sulfonamides is 1. The number of carbonyl (C=O) groups excluding carboxylic acids is 1. The van der Waals surface area contributed by atoms with E-state index in [1.54, 1.807) is 4.72 Å². The molecular weight excluding hydrogens is 305 g/mol. The number of hydrogen-bond acceptors (Lipinski definition) is 4. The highest BCUT2D eigenvalue weighted by atomic mass is 79.9. The molecule has 1 aromatic carbocycles. The summed E-state index contributed by atoms with van der Waals surface area (Å²) in [6, 6.07) is 2.98.